The van der Waals surface area contributed by atoms with Gasteiger partial charge in [-0.1, -0.05) is 28.3 Å². The predicted molar refractivity (Wildman–Crippen MR) is 64.1 cm³/mol. The SMILES string of the molecule is CC(=O)Nc1nnc(-c2ccc(Cl)cc2Cl)o1. The molecule has 0 saturated carbocycles. The molecule has 0 aliphatic heterocycles. The van der Waals surface area contributed by atoms with E-state index in [1.54, 1.807) is 18.2 Å². The van der Waals surface area contributed by atoms with Crippen molar-refractivity contribution in [1.82, 2.24) is 10.2 Å². The van der Waals surface area contributed by atoms with Crippen molar-refractivity contribution in [1.29, 1.82) is 0 Å². The van der Waals surface area contributed by atoms with Gasteiger partial charge in [0.05, 0.1) is 10.6 Å². The lowest BCUT2D eigenvalue weighted by molar-refractivity contribution is -0.114. The third kappa shape index (κ3) is 2.75. The highest BCUT2D eigenvalue weighted by Gasteiger charge is 2.12. The Kier molecular flexibility index (Phi) is 3.31. The fourth-order valence-corrected chi connectivity index (χ4v) is 1.69. The number of nitrogens with one attached hydrogen (secondary N) is 1. The van der Waals surface area contributed by atoms with Gasteiger partial charge in [0.25, 0.3) is 5.89 Å². The highest BCUT2D eigenvalue weighted by molar-refractivity contribution is 6.36. The number of carbonyl (C=O) groups is 1. The first-order valence-electron chi connectivity index (χ1n) is 4.63. The zero-order valence-electron chi connectivity index (χ0n) is 8.70. The Bertz CT molecular complexity index is 568. The third-order valence-corrected chi connectivity index (χ3v) is 2.42. The Balaban J connectivity index is 2.33. The molecular weight excluding hydrogens is 265 g/mol. The van der Waals surface area contributed by atoms with Gasteiger partial charge in [-0.15, -0.1) is 5.10 Å². The van der Waals surface area contributed by atoms with Gasteiger partial charge >= 0.3 is 6.01 Å². The molecule has 5 nitrogen and oxygen atoms in total. The van der Waals surface area contributed by atoms with Gasteiger partial charge in [0.15, 0.2) is 0 Å². The molecule has 17 heavy (non-hydrogen) atoms. The van der Waals surface area contributed by atoms with Crippen molar-refractivity contribution in [3.8, 4) is 11.5 Å². The molecule has 1 N–H and O–H groups in total. The number of rotatable bonds is 2. The molecule has 0 fully saturated rings. The maximum absolute atomic E-state index is 10.8. The van der Waals surface area contributed by atoms with E-state index in [4.69, 9.17) is 27.6 Å². The quantitative estimate of drug-likeness (QED) is 0.912. The van der Waals surface area contributed by atoms with Gasteiger partial charge in [0, 0.05) is 11.9 Å². The summed E-state index contributed by atoms with van der Waals surface area (Å²) in [6.45, 7) is 1.35. The van der Waals surface area contributed by atoms with E-state index in [0.717, 1.165) is 0 Å². The minimum atomic E-state index is -0.289. The molecule has 0 unspecified atom stereocenters. The van der Waals surface area contributed by atoms with Crippen molar-refractivity contribution in [2.75, 3.05) is 5.32 Å². The van der Waals surface area contributed by atoms with E-state index in [2.05, 4.69) is 15.5 Å². The van der Waals surface area contributed by atoms with Crippen molar-refractivity contribution in [2.45, 2.75) is 6.92 Å². The first kappa shape index (κ1) is 11.9. The molecule has 0 spiro atoms. The maximum Gasteiger partial charge on any atom is 0.322 e. The lowest BCUT2D eigenvalue weighted by Crippen LogP contribution is -2.05. The number of benzene rings is 1. The minimum absolute atomic E-state index is 0.0264. The number of aromatic nitrogens is 2. The van der Waals surface area contributed by atoms with Crippen molar-refractivity contribution in [3.05, 3.63) is 28.2 Å². The first-order chi connectivity index (χ1) is 8.06. The standard InChI is InChI=1S/C10H7Cl2N3O2/c1-5(16)13-10-15-14-9(17-10)7-3-2-6(11)4-8(7)12/h2-4H,1H3,(H,13,15,16). The summed E-state index contributed by atoms with van der Waals surface area (Å²) in [6, 6.07) is 4.92. The van der Waals surface area contributed by atoms with Crippen LogP contribution in [0, 0.1) is 0 Å². The molecule has 1 aromatic heterocycles. The number of anilines is 1. The fourth-order valence-electron chi connectivity index (χ4n) is 1.20. The Morgan fingerprint density at radius 1 is 1.35 bits per heavy atom. The molecular formula is C10H7Cl2N3O2. The topological polar surface area (TPSA) is 68.0 Å². The Labute approximate surface area is 107 Å². The van der Waals surface area contributed by atoms with Crippen LogP contribution in [0.1, 0.15) is 6.92 Å². The van der Waals surface area contributed by atoms with E-state index < -0.39 is 0 Å². The molecule has 7 heteroatoms. The second kappa shape index (κ2) is 4.73. The largest absolute Gasteiger partial charge is 0.403 e. The Hall–Kier alpha value is -1.59. The summed E-state index contributed by atoms with van der Waals surface area (Å²) < 4.78 is 5.22. The number of nitrogens with zero attached hydrogens (tertiary/aromatic N) is 2. The normalized spacial score (nSPS) is 10.3. The fraction of sp³-hybridized carbons (Fsp3) is 0.100. The van der Waals surface area contributed by atoms with Crippen LogP contribution in [0.15, 0.2) is 22.6 Å². The highest BCUT2D eigenvalue weighted by Crippen LogP contribution is 2.29. The zero-order valence-corrected chi connectivity index (χ0v) is 10.2. The van der Waals surface area contributed by atoms with Gasteiger partial charge in [0.2, 0.25) is 5.91 Å². The molecule has 1 heterocycles. The van der Waals surface area contributed by atoms with Gasteiger partial charge in [-0.2, -0.15) is 0 Å². The van der Waals surface area contributed by atoms with Crippen LogP contribution in [0.2, 0.25) is 10.0 Å². The molecule has 2 aromatic rings. The van der Waals surface area contributed by atoms with E-state index >= 15 is 0 Å². The monoisotopic (exact) mass is 271 g/mol. The van der Waals surface area contributed by atoms with Gasteiger partial charge in [-0.05, 0) is 18.2 Å². The smallest absolute Gasteiger partial charge is 0.322 e. The molecule has 2 rings (SSSR count). The van der Waals surface area contributed by atoms with Gasteiger partial charge in [-0.3, -0.25) is 10.1 Å². The van der Waals surface area contributed by atoms with Crippen LogP contribution in [-0.2, 0) is 4.79 Å². The maximum atomic E-state index is 10.8. The predicted octanol–water partition coefficient (Wildman–Crippen LogP) is 3.00. The molecule has 0 aliphatic carbocycles. The van der Waals surface area contributed by atoms with Gasteiger partial charge in [-0.25, -0.2) is 0 Å². The summed E-state index contributed by atoms with van der Waals surface area (Å²) in [5.41, 5.74) is 0.556. The minimum Gasteiger partial charge on any atom is -0.403 e. The molecule has 1 aromatic carbocycles. The summed E-state index contributed by atoms with van der Waals surface area (Å²) in [5, 5.41) is 10.7. The van der Waals surface area contributed by atoms with Gasteiger partial charge < -0.3 is 4.42 Å². The molecule has 88 valence electrons. The van der Waals surface area contributed by atoms with E-state index in [-0.39, 0.29) is 17.8 Å². The Morgan fingerprint density at radius 3 is 2.76 bits per heavy atom. The molecule has 0 saturated heterocycles. The second-order valence-electron chi connectivity index (χ2n) is 3.22. The second-order valence-corrected chi connectivity index (χ2v) is 4.06. The summed E-state index contributed by atoms with van der Waals surface area (Å²) >= 11 is 11.7. The molecule has 0 radical (unpaired) electrons. The number of hydrogen-bond donors (Lipinski definition) is 1. The van der Waals surface area contributed by atoms with E-state index in [1.807, 2.05) is 0 Å². The van der Waals surface area contributed by atoms with Crippen LogP contribution >= 0.6 is 23.2 Å². The summed E-state index contributed by atoms with van der Waals surface area (Å²) in [7, 11) is 0. The van der Waals surface area contributed by atoms with E-state index in [1.165, 1.54) is 6.92 Å². The van der Waals surface area contributed by atoms with Crippen LogP contribution in [0.4, 0.5) is 6.01 Å². The van der Waals surface area contributed by atoms with Crippen molar-refractivity contribution in [3.63, 3.8) is 0 Å². The van der Waals surface area contributed by atoms with E-state index in [0.29, 0.717) is 15.6 Å². The van der Waals surface area contributed by atoms with Crippen LogP contribution in [0.25, 0.3) is 11.5 Å². The number of carbonyl (C=O) groups excluding carboxylic acids is 1. The number of hydrogen-bond acceptors (Lipinski definition) is 4. The van der Waals surface area contributed by atoms with Crippen LogP contribution in [-0.4, -0.2) is 16.1 Å². The summed E-state index contributed by atoms with van der Waals surface area (Å²) in [6.07, 6.45) is 0. The molecule has 0 bridgehead atoms. The van der Waals surface area contributed by atoms with Crippen LogP contribution in [0.3, 0.4) is 0 Å². The average Bonchev–Trinajstić information content (AvgIpc) is 2.65. The van der Waals surface area contributed by atoms with Crippen molar-refractivity contribution >= 4 is 35.1 Å². The van der Waals surface area contributed by atoms with Crippen molar-refractivity contribution in [2.24, 2.45) is 0 Å². The molecule has 1 amide bonds. The summed E-state index contributed by atoms with van der Waals surface area (Å²) in [5.74, 6) is -0.0715. The Morgan fingerprint density at radius 2 is 2.12 bits per heavy atom. The van der Waals surface area contributed by atoms with Crippen LogP contribution in [0.5, 0.6) is 0 Å². The van der Waals surface area contributed by atoms with Crippen LogP contribution < -0.4 is 5.32 Å². The number of amides is 1. The lowest BCUT2D eigenvalue weighted by Gasteiger charge is -1.98. The zero-order chi connectivity index (χ0) is 12.4. The molecule has 0 atom stereocenters. The lowest BCUT2D eigenvalue weighted by atomic mass is 10.2. The third-order valence-electron chi connectivity index (χ3n) is 1.87. The average molecular weight is 272 g/mol. The highest BCUT2D eigenvalue weighted by atomic mass is 35.5. The van der Waals surface area contributed by atoms with Gasteiger partial charge in [0.1, 0.15) is 0 Å². The molecule has 0 aliphatic rings. The number of halogens is 2. The first-order valence-corrected chi connectivity index (χ1v) is 5.38. The van der Waals surface area contributed by atoms with E-state index in [9.17, 15) is 4.79 Å². The van der Waals surface area contributed by atoms with Crippen molar-refractivity contribution < 1.29 is 9.21 Å². The summed E-state index contributed by atoms with van der Waals surface area (Å²) in [4.78, 5) is 10.8.